The summed E-state index contributed by atoms with van der Waals surface area (Å²) in [6.07, 6.45) is 0.893. The Balaban J connectivity index is 1.99. The molecule has 2 rings (SSSR count). The van der Waals surface area contributed by atoms with Gasteiger partial charge in [-0.2, -0.15) is 0 Å². The van der Waals surface area contributed by atoms with E-state index in [-0.39, 0.29) is 24.4 Å². The van der Waals surface area contributed by atoms with Crippen molar-refractivity contribution in [3.05, 3.63) is 29.8 Å². The van der Waals surface area contributed by atoms with E-state index in [0.29, 0.717) is 6.54 Å². The molecule has 2 amide bonds. The lowest BCUT2D eigenvalue weighted by atomic mass is 10.2. The molecular formula is C14H19N3O2. The van der Waals surface area contributed by atoms with Crippen molar-refractivity contribution in [2.24, 2.45) is 0 Å². The van der Waals surface area contributed by atoms with Crippen LogP contribution in [0.3, 0.4) is 0 Å². The number of nitrogens with one attached hydrogen (secondary N) is 2. The van der Waals surface area contributed by atoms with Crippen molar-refractivity contribution < 1.29 is 9.59 Å². The number of rotatable bonds is 4. The first kappa shape index (κ1) is 13.5. The lowest BCUT2D eigenvalue weighted by molar-refractivity contribution is -0.121. The minimum Gasteiger partial charge on any atom is -0.358 e. The fourth-order valence-electron chi connectivity index (χ4n) is 2.22. The van der Waals surface area contributed by atoms with Crippen molar-refractivity contribution in [2.45, 2.75) is 19.4 Å². The van der Waals surface area contributed by atoms with E-state index in [4.69, 9.17) is 0 Å². The predicted molar refractivity (Wildman–Crippen MR) is 74.0 cm³/mol. The Kier molecular flexibility index (Phi) is 4.16. The van der Waals surface area contributed by atoms with Gasteiger partial charge >= 0.3 is 0 Å². The summed E-state index contributed by atoms with van der Waals surface area (Å²) >= 11 is 0. The molecule has 1 aromatic carbocycles. The molecule has 1 aliphatic heterocycles. The van der Waals surface area contributed by atoms with E-state index in [1.165, 1.54) is 5.56 Å². The van der Waals surface area contributed by atoms with E-state index in [0.717, 1.165) is 12.1 Å². The number of likely N-dealkylation sites (N-methyl/N-ethyl adjacent to an activating group) is 1. The molecule has 102 valence electrons. The van der Waals surface area contributed by atoms with Crippen LogP contribution in [0.1, 0.15) is 12.5 Å². The van der Waals surface area contributed by atoms with Crippen molar-refractivity contribution >= 4 is 17.5 Å². The Bertz CT molecular complexity index is 487. The molecule has 19 heavy (non-hydrogen) atoms. The zero-order chi connectivity index (χ0) is 13.8. The highest BCUT2D eigenvalue weighted by Gasteiger charge is 2.27. The van der Waals surface area contributed by atoms with Crippen LogP contribution in [0.4, 0.5) is 5.69 Å². The van der Waals surface area contributed by atoms with Crippen LogP contribution >= 0.6 is 0 Å². The Morgan fingerprint density at radius 3 is 2.84 bits per heavy atom. The van der Waals surface area contributed by atoms with Crippen LogP contribution < -0.4 is 15.5 Å². The van der Waals surface area contributed by atoms with E-state index in [1.54, 1.807) is 18.9 Å². The van der Waals surface area contributed by atoms with Crippen LogP contribution in [0.2, 0.25) is 0 Å². The Labute approximate surface area is 113 Å². The second-order valence-electron chi connectivity index (χ2n) is 4.64. The van der Waals surface area contributed by atoms with Crippen LogP contribution in [0, 0.1) is 0 Å². The van der Waals surface area contributed by atoms with E-state index >= 15 is 0 Å². The second kappa shape index (κ2) is 5.84. The highest BCUT2D eigenvalue weighted by Crippen LogP contribution is 2.27. The van der Waals surface area contributed by atoms with E-state index in [9.17, 15) is 9.59 Å². The largest absolute Gasteiger partial charge is 0.358 e. The minimum absolute atomic E-state index is 0.00820. The maximum atomic E-state index is 12.3. The minimum atomic E-state index is -0.372. The summed E-state index contributed by atoms with van der Waals surface area (Å²) < 4.78 is 0. The maximum absolute atomic E-state index is 12.3. The fourth-order valence-corrected chi connectivity index (χ4v) is 2.22. The molecule has 1 aromatic rings. The van der Waals surface area contributed by atoms with Gasteiger partial charge in [0.05, 0.1) is 12.6 Å². The maximum Gasteiger partial charge on any atom is 0.243 e. The predicted octanol–water partition coefficient (Wildman–Crippen LogP) is 0.300. The summed E-state index contributed by atoms with van der Waals surface area (Å²) in [5.41, 5.74) is 2.19. The standard InChI is InChI=1S/C14H19N3O2/c1-10(16-9-13(18)15-2)14(19)17-8-7-11-5-3-4-6-12(11)17/h3-6,10,16H,7-9H2,1-2H3,(H,15,18)/t10-/m1/s1. The van der Waals surface area contributed by atoms with Gasteiger partial charge < -0.3 is 10.2 Å². The number of para-hydroxylation sites is 1. The summed E-state index contributed by atoms with van der Waals surface area (Å²) in [6.45, 7) is 2.65. The smallest absolute Gasteiger partial charge is 0.243 e. The van der Waals surface area contributed by atoms with E-state index < -0.39 is 0 Å². The van der Waals surface area contributed by atoms with Gasteiger partial charge in [-0.3, -0.25) is 14.9 Å². The van der Waals surface area contributed by atoms with Gasteiger partial charge in [0.1, 0.15) is 0 Å². The summed E-state index contributed by atoms with van der Waals surface area (Å²) in [4.78, 5) is 25.3. The summed E-state index contributed by atoms with van der Waals surface area (Å²) in [5.74, 6) is -0.115. The van der Waals surface area contributed by atoms with Gasteiger partial charge in [0, 0.05) is 19.3 Å². The molecule has 0 bridgehead atoms. The first-order valence-corrected chi connectivity index (χ1v) is 6.46. The molecule has 0 fully saturated rings. The van der Waals surface area contributed by atoms with Gasteiger partial charge in [0.15, 0.2) is 0 Å². The second-order valence-corrected chi connectivity index (χ2v) is 4.64. The first-order valence-electron chi connectivity index (χ1n) is 6.46. The van der Waals surface area contributed by atoms with Crippen molar-refractivity contribution in [3.8, 4) is 0 Å². The van der Waals surface area contributed by atoms with Gasteiger partial charge in [0.25, 0.3) is 0 Å². The summed E-state index contributed by atoms with van der Waals surface area (Å²) in [5, 5.41) is 5.46. The molecule has 0 saturated carbocycles. The molecule has 1 heterocycles. The van der Waals surface area contributed by atoms with Crippen LogP contribution in [-0.4, -0.2) is 38.0 Å². The average molecular weight is 261 g/mol. The summed E-state index contributed by atoms with van der Waals surface area (Å²) in [7, 11) is 1.58. The molecule has 5 heteroatoms. The van der Waals surface area contributed by atoms with Gasteiger partial charge in [-0.25, -0.2) is 0 Å². The molecule has 0 aromatic heterocycles. The quantitative estimate of drug-likeness (QED) is 0.819. The number of amides is 2. The zero-order valence-electron chi connectivity index (χ0n) is 11.3. The molecular weight excluding hydrogens is 242 g/mol. The number of benzene rings is 1. The zero-order valence-corrected chi connectivity index (χ0v) is 11.3. The average Bonchev–Trinajstić information content (AvgIpc) is 2.87. The first-order chi connectivity index (χ1) is 9.13. The molecule has 0 radical (unpaired) electrons. The number of hydrogen-bond acceptors (Lipinski definition) is 3. The van der Waals surface area contributed by atoms with Gasteiger partial charge in [0.2, 0.25) is 11.8 Å². The molecule has 0 aliphatic carbocycles. The van der Waals surface area contributed by atoms with Crippen LogP contribution in [0.5, 0.6) is 0 Å². The molecule has 0 spiro atoms. The van der Waals surface area contributed by atoms with E-state index in [2.05, 4.69) is 10.6 Å². The van der Waals surface area contributed by atoms with Crippen molar-refractivity contribution in [3.63, 3.8) is 0 Å². The third-order valence-corrected chi connectivity index (χ3v) is 3.37. The van der Waals surface area contributed by atoms with Crippen molar-refractivity contribution in [1.82, 2.24) is 10.6 Å². The molecule has 1 atom stereocenters. The number of fused-ring (bicyclic) bond motifs is 1. The normalized spacial score (nSPS) is 14.9. The monoisotopic (exact) mass is 261 g/mol. The highest BCUT2D eigenvalue weighted by molar-refractivity contribution is 5.99. The fraction of sp³-hybridized carbons (Fsp3) is 0.429. The van der Waals surface area contributed by atoms with Crippen LogP contribution in [0.15, 0.2) is 24.3 Å². The third-order valence-electron chi connectivity index (χ3n) is 3.37. The Hall–Kier alpha value is -1.88. The van der Waals surface area contributed by atoms with Crippen LogP contribution in [-0.2, 0) is 16.0 Å². The summed E-state index contributed by atoms with van der Waals surface area (Å²) in [6, 6.07) is 7.56. The number of anilines is 1. The van der Waals surface area contributed by atoms with Gasteiger partial charge in [-0.1, -0.05) is 18.2 Å². The number of carbonyl (C=O) groups is 2. The third kappa shape index (κ3) is 2.93. The Morgan fingerprint density at radius 1 is 1.37 bits per heavy atom. The molecule has 2 N–H and O–H groups in total. The molecule has 0 unspecified atom stereocenters. The lowest BCUT2D eigenvalue weighted by Gasteiger charge is -2.22. The van der Waals surface area contributed by atoms with E-state index in [1.807, 2.05) is 24.3 Å². The topological polar surface area (TPSA) is 61.4 Å². The number of hydrogen-bond donors (Lipinski definition) is 2. The highest BCUT2D eigenvalue weighted by atomic mass is 16.2. The van der Waals surface area contributed by atoms with Gasteiger partial charge in [-0.15, -0.1) is 0 Å². The number of nitrogens with zero attached hydrogens (tertiary/aromatic N) is 1. The Morgan fingerprint density at radius 2 is 2.11 bits per heavy atom. The lowest BCUT2D eigenvalue weighted by Crippen LogP contribution is -2.47. The number of carbonyl (C=O) groups excluding carboxylic acids is 2. The van der Waals surface area contributed by atoms with Crippen LogP contribution in [0.25, 0.3) is 0 Å². The van der Waals surface area contributed by atoms with Crippen molar-refractivity contribution in [2.75, 3.05) is 25.0 Å². The molecule has 1 aliphatic rings. The van der Waals surface area contributed by atoms with Crippen molar-refractivity contribution in [1.29, 1.82) is 0 Å². The molecule has 5 nitrogen and oxygen atoms in total. The SMILES string of the molecule is CNC(=O)CN[C@H](C)C(=O)N1CCc2ccccc21. The molecule has 0 saturated heterocycles. The van der Waals surface area contributed by atoms with Gasteiger partial charge in [-0.05, 0) is 25.0 Å².